The molecule has 1 aromatic rings. The molecule has 1 aromatic carbocycles. The van der Waals surface area contributed by atoms with Crippen LogP contribution >= 0.6 is 0 Å². The lowest BCUT2D eigenvalue weighted by Crippen LogP contribution is -2.49. The van der Waals surface area contributed by atoms with Crippen LogP contribution in [0.2, 0.25) is 18.1 Å². The second kappa shape index (κ2) is 7.19. The summed E-state index contributed by atoms with van der Waals surface area (Å²) in [5, 5.41) is 0.140. The summed E-state index contributed by atoms with van der Waals surface area (Å²) in [5.41, 5.74) is 2.00. The van der Waals surface area contributed by atoms with Crippen LogP contribution in [-0.4, -0.2) is 38.0 Å². The van der Waals surface area contributed by atoms with Crippen molar-refractivity contribution in [3.05, 3.63) is 41.2 Å². The highest BCUT2D eigenvalue weighted by atomic mass is 28.4. The molecule has 0 unspecified atom stereocenters. The van der Waals surface area contributed by atoms with E-state index in [1.165, 1.54) is 11.1 Å². The van der Waals surface area contributed by atoms with Crippen molar-refractivity contribution in [2.45, 2.75) is 83.5 Å². The number of carbonyl (C=O) groups excluding carboxylic acids is 1. The molecule has 1 saturated heterocycles. The standard InChI is InChI=1S/C24H37NO3Si/c1-22(2,3)27-21(26)25-15-13-24(14-16-25)19-12-10-9-11-18(19)17-20(24)28-29(7,8)23(4,5)6/h9-12,17H,13-16H2,1-8H3. The van der Waals surface area contributed by atoms with Crippen LogP contribution in [0, 0.1) is 0 Å². The predicted molar refractivity (Wildman–Crippen MR) is 121 cm³/mol. The third kappa shape index (κ3) is 4.25. The van der Waals surface area contributed by atoms with Crippen LogP contribution in [0.1, 0.15) is 65.5 Å². The van der Waals surface area contributed by atoms with Gasteiger partial charge >= 0.3 is 6.09 Å². The number of rotatable bonds is 2. The van der Waals surface area contributed by atoms with Crippen molar-refractivity contribution in [1.82, 2.24) is 4.90 Å². The largest absolute Gasteiger partial charge is 0.546 e. The Kier molecular flexibility index (Phi) is 5.44. The van der Waals surface area contributed by atoms with Crippen molar-refractivity contribution in [2.75, 3.05) is 13.1 Å². The van der Waals surface area contributed by atoms with E-state index in [-0.39, 0.29) is 16.5 Å². The Hall–Kier alpha value is -1.75. The number of nitrogens with zero attached hydrogens (tertiary/aromatic N) is 1. The number of carbonyl (C=O) groups is 1. The minimum absolute atomic E-state index is 0.134. The first-order valence-corrected chi connectivity index (χ1v) is 13.6. The highest BCUT2D eigenvalue weighted by Crippen LogP contribution is 2.51. The molecule has 0 saturated carbocycles. The SMILES string of the molecule is CC(C)(C)OC(=O)N1CCC2(CC1)C(O[Si](C)(C)C(C)(C)C)=Cc1ccccc12. The molecular formula is C24H37NO3Si. The number of allylic oxidation sites excluding steroid dienone is 1. The lowest BCUT2D eigenvalue weighted by molar-refractivity contribution is 0.0165. The van der Waals surface area contributed by atoms with E-state index in [4.69, 9.17) is 9.16 Å². The average molecular weight is 416 g/mol. The zero-order valence-corrected chi connectivity index (χ0v) is 20.4. The van der Waals surface area contributed by atoms with Gasteiger partial charge in [0.1, 0.15) is 5.60 Å². The Morgan fingerprint density at radius 1 is 1.03 bits per heavy atom. The molecule has 3 rings (SSSR count). The van der Waals surface area contributed by atoms with Gasteiger partial charge in [0, 0.05) is 13.1 Å². The molecule has 4 nitrogen and oxygen atoms in total. The number of amides is 1. The number of likely N-dealkylation sites (tertiary alicyclic amines) is 1. The topological polar surface area (TPSA) is 38.8 Å². The van der Waals surface area contributed by atoms with Crippen molar-refractivity contribution in [3.63, 3.8) is 0 Å². The molecule has 160 valence electrons. The van der Waals surface area contributed by atoms with Gasteiger partial charge in [0.25, 0.3) is 0 Å². The molecule has 1 aliphatic heterocycles. The first kappa shape index (κ1) is 21.9. The van der Waals surface area contributed by atoms with E-state index in [0.717, 1.165) is 18.6 Å². The molecule has 0 radical (unpaired) electrons. The monoisotopic (exact) mass is 415 g/mol. The van der Waals surface area contributed by atoms with Gasteiger partial charge in [-0.25, -0.2) is 4.79 Å². The normalized spacial score (nSPS) is 19.0. The molecule has 1 heterocycles. The van der Waals surface area contributed by atoms with Gasteiger partial charge in [0.2, 0.25) is 8.32 Å². The van der Waals surface area contributed by atoms with Gasteiger partial charge in [0.15, 0.2) is 0 Å². The smallest absolute Gasteiger partial charge is 0.410 e. The van der Waals surface area contributed by atoms with E-state index in [1.54, 1.807) is 0 Å². The maximum absolute atomic E-state index is 12.6. The van der Waals surface area contributed by atoms with Gasteiger partial charge < -0.3 is 14.1 Å². The van der Waals surface area contributed by atoms with E-state index in [2.05, 4.69) is 64.2 Å². The molecule has 1 fully saturated rings. The number of ether oxygens (including phenoxy) is 1. The number of hydrogen-bond donors (Lipinski definition) is 0. The predicted octanol–water partition coefficient (Wildman–Crippen LogP) is 6.33. The van der Waals surface area contributed by atoms with Crippen LogP contribution in [0.3, 0.4) is 0 Å². The second-order valence-electron chi connectivity index (χ2n) is 11.0. The van der Waals surface area contributed by atoms with Gasteiger partial charge in [-0.05, 0) is 68.9 Å². The lowest BCUT2D eigenvalue weighted by Gasteiger charge is -2.45. The molecule has 0 atom stereocenters. The van der Waals surface area contributed by atoms with Crippen molar-refractivity contribution < 1.29 is 14.0 Å². The van der Waals surface area contributed by atoms with E-state index in [9.17, 15) is 4.79 Å². The molecular weight excluding hydrogens is 378 g/mol. The molecule has 1 amide bonds. The molecule has 5 heteroatoms. The number of piperidine rings is 1. The zero-order chi connectivity index (χ0) is 21.7. The van der Waals surface area contributed by atoms with E-state index in [1.807, 2.05) is 25.7 Å². The van der Waals surface area contributed by atoms with Gasteiger partial charge in [-0.2, -0.15) is 0 Å². The van der Waals surface area contributed by atoms with Crippen molar-refractivity contribution >= 4 is 20.5 Å². The molecule has 0 bridgehead atoms. The maximum atomic E-state index is 12.6. The fourth-order valence-corrected chi connectivity index (χ4v) is 5.05. The number of fused-ring (bicyclic) bond motifs is 2. The van der Waals surface area contributed by atoms with Crippen LogP contribution < -0.4 is 0 Å². The summed E-state index contributed by atoms with van der Waals surface area (Å²) in [7, 11) is -1.96. The first-order chi connectivity index (χ1) is 13.3. The fraction of sp³-hybridized carbons (Fsp3) is 0.625. The summed E-state index contributed by atoms with van der Waals surface area (Å²) in [6, 6.07) is 8.62. The van der Waals surface area contributed by atoms with E-state index < -0.39 is 13.9 Å². The minimum Gasteiger partial charge on any atom is -0.546 e. The maximum Gasteiger partial charge on any atom is 0.410 e. The van der Waals surface area contributed by atoms with Crippen LogP contribution in [-0.2, 0) is 14.6 Å². The van der Waals surface area contributed by atoms with Gasteiger partial charge in [-0.1, -0.05) is 45.0 Å². The van der Waals surface area contributed by atoms with E-state index in [0.29, 0.717) is 13.1 Å². The Balaban J connectivity index is 1.86. The Bertz CT molecular complexity index is 806. The summed E-state index contributed by atoms with van der Waals surface area (Å²) >= 11 is 0. The first-order valence-electron chi connectivity index (χ1n) is 10.7. The van der Waals surface area contributed by atoms with Crippen LogP contribution in [0.5, 0.6) is 0 Å². The van der Waals surface area contributed by atoms with Crippen molar-refractivity contribution in [2.24, 2.45) is 0 Å². The second-order valence-corrected chi connectivity index (χ2v) is 15.7. The summed E-state index contributed by atoms with van der Waals surface area (Å²) in [6.07, 6.45) is 3.77. The van der Waals surface area contributed by atoms with Crippen molar-refractivity contribution in [3.8, 4) is 0 Å². The average Bonchev–Trinajstić information content (AvgIpc) is 2.86. The van der Waals surface area contributed by atoms with Crippen LogP contribution in [0.4, 0.5) is 4.79 Å². The number of benzene rings is 1. The lowest BCUT2D eigenvalue weighted by atomic mass is 9.73. The summed E-state index contributed by atoms with van der Waals surface area (Å²) in [4.78, 5) is 14.4. The van der Waals surface area contributed by atoms with Crippen LogP contribution in [0.15, 0.2) is 30.0 Å². The highest BCUT2D eigenvalue weighted by Gasteiger charge is 2.49. The van der Waals surface area contributed by atoms with Gasteiger partial charge in [-0.3, -0.25) is 0 Å². The molecule has 29 heavy (non-hydrogen) atoms. The molecule has 0 aromatic heterocycles. The molecule has 1 aliphatic carbocycles. The van der Waals surface area contributed by atoms with Crippen LogP contribution in [0.25, 0.3) is 6.08 Å². The number of hydrogen-bond acceptors (Lipinski definition) is 3. The summed E-state index contributed by atoms with van der Waals surface area (Å²) in [6.45, 7) is 18.6. The third-order valence-corrected chi connectivity index (χ3v) is 11.0. The summed E-state index contributed by atoms with van der Waals surface area (Å²) < 4.78 is 12.5. The molecule has 0 N–H and O–H groups in total. The van der Waals surface area contributed by atoms with Crippen molar-refractivity contribution in [1.29, 1.82) is 0 Å². The van der Waals surface area contributed by atoms with E-state index >= 15 is 0 Å². The summed E-state index contributed by atoms with van der Waals surface area (Å²) in [5.74, 6) is 1.11. The third-order valence-electron chi connectivity index (χ3n) is 6.67. The zero-order valence-electron chi connectivity index (χ0n) is 19.4. The highest BCUT2D eigenvalue weighted by molar-refractivity contribution is 6.74. The Morgan fingerprint density at radius 2 is 1.62 bits per heavy atom. The molecule has 1 spiro atoms. The Morgan fingerprint density at radius 3 is 2.17 bits per heavy atom. The fourth-order valence-electron chi connectivity index (χ4n) is 3.94. The van der Waals surface area contributed by atoms with Gasteiger partial charge in [0.05, 0.1) is 11.2 Å². The molecule has 2 aliphatic rings. The minimum atomic E-state index is -1.96. The van der Waals surface area contributed by atoms with Gasteiger partial charge in [-0.15, -0.1) is 0 Å². The quantitative estimate of drug-likeness (QED) is 0.530. The Labute approximate surface area is 177 Å².